The first-order valence-electron chi connectivity index (χ1n) is 27.1. The maximum absolute atomic E-state index is 13.2. The van der Waals surface area contributed by atoms with Gasteiger partial charge in [0.25, 0.3) is 0 Å². The van der Waals surface area contributed by atoms with Crippen LogP contribution in [0, 0.1) is 0 Å². The van der Waals surface area contributed by atoms with Gasteiger partial charge in [-0.25, -0.2) is 0 Å². The molecule has 0 aliphatic carbocycles. The Bertz CT molecular complexity index is 1130. The van der Waals surface area contributed by atoms with Crippen LogP contribution >= 0.6 is 0 Å². The Hall–Kier alpha value is -2.44. The summed E-state index contributed by atoms with van der Waals surface area (Å²) in [7, 11) is 0. The zero-order chi connectivity index (χ0) is 45.9. The molecular formula is C57H103NO5. The normalized spacial score (nSPS) is 13.7. The SMILES string of the molecule is CC/C=C/C=C/C=C\C=C/C=C/CCCC(=O)OC(CCCCCCCCCCCCCCCCCCC)CC(=O)NC(CO)C(O)CCCCCCCCCCCCCCCC. The Kier molecular flexibility index (Phi) is 48.6. The molecule has 0 fully saturated rings. The van der Waals surface area contributed by atoms with E-state index in [9.17, 15) is 19.8 Å². The molecule has 0 aliphatic heterocycles. The molecule has 63 heavy (non-hydrogen) atoms. The van der Waals surface area contributed by atoms with Gasteiger partial charge in [-0.2, -0.15) is 0 Å². The second kappa shape index (κ2) is 50.6. The van der Waals surface area contributed by atoms with Crippen molar-refractivity contribution in [2.24, 2.45) is 0 Å². The first-order chi connectivity index (χ1) is 31.0. The molecule has 0 saturated heterocycles. The van der Waals surface area contributed by atoms with Crippen molar-refractivity contribution in [1.82, 2.24) is 5.32 Å². The number of amides is 1. The summed E-state index contributed by atoms with van der Waals surface area (Å²) in [5.41, 5.74) is 0. The predicted octanol–water partition coefficient (Wildman–Crippen LogP) is 16.4. The average Bonchev–Trinajstić information content (AvgIpc) is 3.28. The summed E-state index contributed by atoms with van der Waals surface area (Å²) in [6.07, 6.45) is 62.9. The van der Waals surface area contributed by atoms with Gasteiger partial charge in [-0.3, -0.25) is 9.59 Å². The number of allylic oxidation sites excluding steroid dienone is 10. The molecule has 0 aliphatic rings. The van der Waals surface area contributed by atoms with Crippen molar-refractivity contribution in [2.45, 2.75) is 283 Å². The molecule has 0 bridgehead atoms. The lowest BCUT2D eigenvalue weighted by Gasteiger charge is -2.24. The first kappa shape index (κ1) is 60.6. The molecule has 0 spiro atoms. The largest absolute Gasteiger partial charge is 0.462 e. The van der Waals surface area contributed by atoms with Crippen LogP contribution in [0.4, 0.5) is 0 Å². The van der Waals surface area contributed by atoms with E-state index in [1.54, 1.807) is 0 Å². The molecule has 0 aromatic heterocycles. The van der Waals surface area contributed by atoms with E-state index in [0.29, 0.717) is 25.7 Å². The van der Waals surface area contributed by atoms with Crippen molar-refractivity contribution < 1.29 is 24.5 Å². The van der Waals surface area contributed by atoms with Crippen LogP contribution in [0.5, 0.6) is 0 Å². The van der Waals surface area contributed by atoms with E-state index in [1.165, 1.54) is 161 Å². The van der Waals surface area contributed by atoms with Crippen LogP contribution in [0.2, 0.25) is 0 Å². The minimum atomic E-state index is -0.800. The number of carbonyl (C=O) groups is 2. The van der Waals surface area contributed by atoms with Crippen LogP contribution in [0.15, 0.2) is 60.8 Å². The fourth-order valence-corrected chi connectivity index (χ4v) is 8.17. The fourth-order valence-electron chi connectivity index (χ4n) is 8.17. The van der Waals surface area contributed by atoms with Gasteiger partial charge in [-0.15, -0.1) is 0 Å². The second-order valence-corrected chi connectivity index (χ2v) is 18.4. The fraction of sp³-hybridized carbons (Fsp3) is 0.789. The number of aliphatic hydroxyl groups is 2. The van der Waals surface area contributed by atoms with Gasteiger partial charge in [0.15, 0.2) is 0 Å². The van der Waals surface area contributed by atoms with E-state index >= 15 is 0 Å². The number of ether oxygens (including phenoxy) is 1. The van der Waals surface area contributed by atoms with Gasteiger partial charge < -0.3 is 20.3 Å². The molecular weight excluding hydrogens is 779 g/mol. The number of esters is 1. The topological polar surface area (TPSA) is 95.9 Å². The van der Waals surface area contributed by atoms with Crippen molar-refractivity contribution in [3.05, 3.63) is 60.8 Å². The highest BCUT2D eigenvalue weighted by molar-refractivity contribution is 5.77. The average molecular weight is 882 g/mol. The number of nitrogens with one attached hydrogen (secondary N) is 1. The predicted molar refractivity (Wildman–Crippen MR) is 273 cm³/mol. The lowest BCUT2D eigenvalue weighted by molar-refractivity contribution is -0.151. The maximum atomic E-state index is 13.2. The molecule has 0 heterocycles. The third-order valence-electron chi connectivity index (χ3n) is 12.2. The first-order valence-corrected chi connectivity index (χ1v) is 27.1. The van der Waals surface area contributed by atoms with Crippen molar-refractivity contribution in [2.75, 3.05) is 6.61 Å². The summed E-state index contributed by atoms with van der Waals surface area (Å²) in [6.45, 7) is 6.34. The number of unbranched alkanes of at least 4 members (excludes halogenated alkanes) is 30. The Morgan fingerprint density at radius 2 is 0.841 bits per heavy atom. The standard InChI is InChI=1S/C57H103NO5/c1-4-7-10-13-16-19-22-25-27-28-29-31-33-36-39-42-45-48-53(63-57(62)50-47-44-41-38-35-30-24-21-18-15-12-9-6-3)51-56(61)58-54(52-59)55(60)49-46-43-40-37-34-32-26-23-20-17-14-11-8-5-2/h9,12,15,18,21,24,30,35,38,41,53-55,59-60H,4-8,10-11,13-14,16-17,19-20,22-23,25-29,31-34,36-37,39-40,42-52H2,1-3H3,(H,58,61)/b12-9+,18-15+,24-21-,35-30-,41-38+. The van der Waals surface area contributed by atoms with E-state index in [2.05, 4.69) is 38.2 Å². The molecule has 3 atom stereocenters. The molecule has 0 aromatic carbocycles. The van der Waals surface area contributed by atoms with Crippen LogP contribution < -0.4 is 5.32 Å². The van der Waals surface area contributed by atoms with Gasteiger partial charge in [0.1, 0.15) is 6.10 Å². The van der Waals surface area contributed by atoms with E-state index in [-0.39, 0.29) is 24.9 Å². The van der Waals surface area contributed by atoms with E-state index in [0.717, 1.165) is 51.4 Å². The van der Waals surface area contributed by atoms with Gasteiger partial charge in [0.05, 0.1) is 25.2 Å². The van der Waals surface area contributed by atoms with Crippen LogP contribution in [-0.2, 0) is 14.3 Å². The molecule has 1 amide bonds. The number of rotatable bonds is 48. The molecule has 6 heteroatoms. The smallest absolute Gasteiger partial charge is 0.306 e. The zero-order valence-corrected chi connectivity index (χ0v) is 41.7. The molecule has 3 N–H and O–H groups in total. The van der Waals surface area contributed by atoms with Gasteiger partial charge in [0, 0.05) is 6.42 Å². The van der Waals surface area contributed by atoms with Crippen molar-refractivity contribution in [1.29, 1.82) is 0 Å². The van der Waals surface area contributed by atoms with E-state index < -0.39 is 18.2 Å². The molecule has 6 nitrogen and oxygen atoms in total. The summed E-state index contributed by atoms with van der Waals surface area (Å²) in [5.74, 6) is -0.553. The summed E-state index contributed by atoms with van der Waals surface area (Å²) in [4.78, 5) is 26.2. The number of carbonyl (C=O) groups excluding carboxylic acids is 2. The highest BCUT2D eigenvalue weighted by atomic mass is 16.5. The highest BCUT2D eigenvalue weighted by Gasteiger charge is 2.24. The van der Waals surface area contributed by atoms with Gasteiger partial charge in [0.2, 0.25) is 5.91 Å². The second-order valence-electron chi connectivity index (χ2n) is 18.4. The van der Waals surface area contributed by atoms with Crippen molar-refractivity contribution in [3.63, 3.8) is 0 Å². The Labute approximate surface area is 390 Å². The van der Waals surface area contributed by atoms with Crippen LogP contribution in [0.25, 0.3) is 0 Å². The third kappa shape index (κ3) is 45.9. The maximum Gasteiger partial charge on any atom is 0.306 e. The van der Waals surface area contributed by atoms with E-state index in [4.69, 9.17) is 4.74 Å². The molecule has 3 unspecified atom stereocenters. The number of aliphatic hydroxyl groups excluding tert-OH is 2. The van der Waals surface area contributed by atoms with Gasteiger partial charge in [-0.05, 0) is 38.5 Å². The lowest BCUT2D eigenvalue weighted by atomic mass is 10.0. The molecule has 0 radical (unpaired) electrons. The highest BCUT2D eigenvalue weighted by Crippen LogP contribution is 2.18. The molecule has 0 saturated carbocycles. The van der Waals surface area contributed by atoms with Crippen LogP contribution in [0.1, 0.15) is 265 Å². The van der Waals surface area contributed by atoms with Crippen LogP contribution in [-0.4, -0.2) is 46.9 Å². The van der Waals surface area contributed by atoms with E-state index in [1.807, 2.05) is 48.6 Å². The van der Waals surface area contributed by atoms with Crippen molar-refractivity contribution in [3.8, 4) is 0 Å². The number of hydrogen-bond donors (Lipinski definition) is 3. The third-order valence-corrected chi connectivity index (χ3v) is 12.2. The summed E-state index contributed by atoms with van der Waals surface area (Å²) < 4.78 is 5.91. The quantitative estimate of drug-likeness (QED) is 0.0321. The van der Waals surface area contributed by atoms with Crippen LogP contribution in [0.3, 0.4) is 0 Å². The van der Waals surface area contributed by atoms with Gasteiger partial charge >= 0.3 is 5.97 Å². The minimum absolute atomic E-state index is 0.0506. The summed E-state index contributed by atoms with van der Waals surface area (Å²) in [6, 6.07) is -0.716. The van der Waals surface area contributed by atoms with Gasteiger partial charge in [-0.1, -0.05) is 274 Å². The summed E-state index contributed by atoms with van der Waals surface area (Å²) in [5, 5.41) is 23.8. The molecule has 0 rings (SSSR count). The van der Waals surface area contributed by atoms with Crippen molar-refractivity contribution >= 4 is 11.9 Å². The Morgan fingerprint density at radius 1 is 0.476 bits per heavy atom. The Balaban J connectivity index is 4.63. The summed E-state index contributed by atoms with van der Waals surface area (Å²) >= 11 is 0. The molecule has 366 valence electrons. The number of hydrogen-bond acceptors (Lipinski definition) is 5. The zero-order valence-electron chi connectivity index (χ0n) is 41.7. The lowest BCUT2D eigenvalue weighted by Crippen LogP contribution is -2.46. The Morgan fingerprint density at radius 3 is 1.24 bits per heavy atom. The monoisotopic (exact) mass is 882 g/mol. The minimum Gasteiger partial charge on any atom is -0.462 e. The molecule has 0 aromatic rings.